The highest BCUT2D eigenvalue weighted by molar-refractivity contribution is 6.31. The van der Waals surface area contributed by atoms with Gasteiger partial charge in [-0.1, -0.05) is 29.8 Å². The molecule has 0 saturated carbocycles. The monoisotopic (exact) mass is 393 g/mol. The number of nitrogens with zero attached hydrogens (tertiary/aromatic N) is 3. The second-order valence-corrected chi connectivity index (χ2v) is 6.85. The fraction of sp³-hybridized carbons (Fsp3) is 0.143. The number of aromatic carboxylic acids is 1. The second-order valence-electron chi connectivity index (χ2n) is 6.41. The number of carbonyl (C=O) groups excluding carboxylic acids is 1. The molecule has 2 aromatic carbocycles. The van der Waals surface area contributed by atoms with Crippen molar-refractivity contribution in [3.8, 4) is 0 Å². The van der Waals surface area contributed by atoms with Gasteiger partial charge in [-0.2, -0.15) is 0 Å². The first-order valence-corrected chi connectivity index (χ1v) is 9.13. The molecule has 0 radical (unpaired) electrons. The van der Waals surface area contributed by atoms with Gasteiger partial charge in [-0.15, -0.1) is 0 Å². The minimum absolute atomic E-state index is 0.176. The van der Waals surface area contributed by atoms with E-state index in [9.17, 15) is 14.7 Å². The first kappa shape index (κ1) is 18.1. The summed E-state index contributed by atoms with van der Waals surface area (Å²) in [4.78, 5) is 33.7. The van der Waals surface area contributed by atoms with E-state index in [1.165, 1.54) is 6.07 Å². The van der Waals surface area contributed by atoms with Gasteiger partial charge in [0.2, 0.25) is 5.78 Å². The fourth-order valence-electron chi connectivity index (χ4n) is 3.58. The average Bonchev–Trinajstić information content (AvgIpc) is 2.97. The minimum Gasteiger partial charge on any atom is -0.476 e. The summed E-state index contributed by atoms with van der Waals surface area (Å²) in [6.45, 7) is 4.54. The van der Waals surface area contributed by atoms with Crippen molar-refractivity contribution in [1.82, 2.24) is 14.5 Å². The number of carboxylic acids is 1. The van der Waals surface area contributed by atoms with Gasteiger partial charge in [-0.05, 0) is 38.1 Å². The zero-order valence-corrected chi connectivity index (χ0v) is 16.0. The van der Waals surface area contributed by atoms with Crippen molar-refractivity contribution in [2.24, 2.45) is 0 Å². The maximum absolute atomic E-state index is 13.4. The molecule has 1 N–H and O–H groups in total. The number of ketones is 1. The summed E-state index contributed by atoms with van der Waals surface area (Å²) in [7, 11) is 0. The predicted molar refractivity (Wildman–Crippen MR) is 107 cm³/mol. The molecule has 0 saturated heterocycles. The Labute approximate surface area is 165 Å². The molecule has 2 aromatic heterocycles. The molecule has 0 aliphatic heterocycles. The van der Waals surface area contributed by atoms with Crippen molar-refractivity contribution in [3.63, 3.8) is 0 Å². The molecule has 0 spiro atoms. The summed E-state index contributed by atoms with van der Waals surface area (Å²) in [5.41, 5.74) is 2.31. The Balaban J connectivity index is 2.01. The normalized spacial score (nSPS) is 11.2. The van der Waals surface area contributed by atoms with Crippen molar-refractivity contribution in [2.75, 3.05) is 0 Å². The highest BCUT2D eigenvalue weighted by Gasteiger charge is 2.27. The summed E-state index contributed by atoms with van der Waals surface area (Å²) in [6, 6.07) is 12.3. The van der Waals surface area contributed by atoms with Gasteiger partial charge in [0.05, 0.1) is 16.6 Å². The quantitative estimate of drug-likeness (QED) is 0.516. The molecule has 0 aliphatic carbocycles. The molecule has 4 rings (SSSR count). The molecule has 0 unspecified atom stereocenters. The first-order chi connectivity index (χ1) is 13.4. The molecule has 7 heteroatoms. The van der Waals surface area contributed by atoms with Crippen molar-refractivity contribution in [1.29, 1.82) is 0 Å². The summed E-state index contributed by atoms with van der Waals surface area (Å²) in [5.74, 6) is -1.77. The summed E-state index contributed by atoms with van der Waals surface area (Å²) < 4.78 is 2.03. The molecular weight excluding hydrogens is 378 g/mol. The number of para-hydroxylation sites is 1. The van der Waals surface area contributed by atoms with Crippen molar-refractivity contribution in [2.45, 2.75) is 20.4 Å². The van der Waals surface area contributed by atoms with Crippen LogP contribution in [0, 0.1) is 6.92 Å². The molecule has 28 heavy (non-hydrogen) atoms. The number of rotatable bonds is 4. The largest absolute Gasteiger partial charge is 0.476 e. The molecule has 0 aliphatic rings. The number of halogens is 1. The maximum Gasteiger partial charge on any atom is 0.356 e. The Morgan fingerprint density at radius 1 is 1.07 bits per heavy atom. The van der Waals surface area contributed by atoms with Crippen molar-refractivity contribution in [3.05, 3.63) is 70.1 Å². The van der Waals surface area contributed by atoms with Crippen LogP contribution in [0.2, 0.25) is 5.02 Å². The third kappa shape index (κ3) is 2.73. The van der Waals surface area contributed by atoms with E-state index in [4.69, 9.17) is 11.6 Å². The van der Waals surface area contributed by atoms with Crippen LogP contribution in [0.3, 0.4) is 0 Å². The molecule has 2 heterocycles. The Morgan fingerprint density at radius 2 is 1.79 bits per heavy atom. The smallest absolute Gasteiger partial charge is 0.356 e. The van der Waals surface area contributed by atoms with E-state index >= 15 is 0 Å². The van der Waals surface area contributed by atoms with Crippen LogP contribution in [0.25, 0.3) is 21.9 Å². The zero-order valence-electron chi connectivity index (χ0n) is 15.2. The Bertz CT molecular complexity index is 1280. The van der Waals surface area contributed by atoms with Crippen molar-refractivity contribution < 1.29 is 14.7 Å². The van der Waals surface area contributed by atoms with E-state index < -0.39 is 11.8 Å². The van der Waals surface area contributed by atoms with E-state index in [1.807, 2.05) is 42.7 Å². The summed E-state index contributed by atoms with van der Waals surface area (Å²) in [6.07, 6.45) is 0. The maximum atomic E-state index is 13.4. The Kier molecular flexibility index (Phi) is 4.35. The lowest BCUT2D eigenvalue weighted by atomic mass is 10.0. The Hall–Kier alpha value is -3.25. The van der Waals surface area contributed by atoms with Crippen LogP contribution in [-0.2, 0) is 6.54 Å². The number of hydrogen-bond donors (Lipinski definition) is 1. The van der Waals surface area contributed by atoms with E-state index in [0.717, 1.165) is 16.6 Å². The first-order valence-electron chi connectivity index (χ1n) is 8.75. The zero-order chi connectivity index (χ0) is 20.0. The van der Waals surface area contributed by atoms with Crippen LogP contribution in [0.15, 0.2) is 42.5 Å². The third-order valence-electron chi connectivity index (χ3n) is 4.82. The second kappa shape index (κ2) is 6.73. The van der Waals surface area contributed by atoms with Gasteiger partial charge in [0.25, 0.3) is 0 Å². The lowest BCUT2D eigenvalue weighted by Crippen LogP contribution is -2.15. The van der Waals surface area contributed by atoms with Gasteiger partial charge in [-0.3, -0.25) is 4.79 Å². The minimum atomic E-state index is -1.31. The number of fused-ring (bicyclic) bond motifs is 2. The fourth-order valence-corrected chi connectivity index (χ4v) is 3.74. The SMILES string of the molecule is CCn1c(C)c(C(=O)c2nc3ccc(Cl)cc3nc2C(=O)O)c2ccccc21. The van der Waals surface area contributed by atoms with Crippen LogP contribution < -0.4 is 0 Å². The Morgan fingerprint density at radius 3 is 2.50 bits per heavy atom. The molecule has 0 amide bonds. The van der Waals surface area contributed by atoms with Gasteiger partial charge in [0.1, 0.15) is 5.69 Å². The van der Waals surface area contributed by atoms with Crippen LogP contribution in [0.1, 0.15) is 39.2 Å². The van der Waals surface area contributed by atoms with E-state index in [2.05, 4.69) is 9.97 Å². The molecule has 0 bridgehead atoms. The summed E-state index contributed by atoms with van der Waals surface area (Å²) in [5, 5.41) is 10.8. The molecule has 140 valence electrons. The lowest BCUT2D eigenvalue weighted by molar-refractivity contribution is 0.0686. The number of carboxylic acid groups (broad SMARTS) is 1. The molecular formula is C21H16ClN3O3. The highest BCUT2D eigenvalue weighted by Crippen LogP contribution is 2.29. The standard InChI is InChI=1S/C21H16ClN3O3/c1-3-25-11(2)17(13-6-4-5-7-16(13)25)20(26)18-19(21(27)28)24-15-10-12(22)8-9-14(15)23-18/h4-10H,3H2,1-2H3,(H,27,28). The van der Waals surface area contributed by atoms with Gasteiger partial charge in [0, 0.05) is 28.2 Å². The third-order valence-corrected chi connectivity index (χ3v) is 5.05. The van der Waals surface area contributed by atoms with Gasteiger partial charge >= 0.3 is 5.97 Å². The van der Waals surface area contributed by atoms with Crippen LogP contribution >= 0.6 is 11.6 Å². The number of hydrogen-bond acceptors (Lipinski definition) is 4. The van der Waals surface area contributed by atoms with Gasteiger partial charge in [0.15, 0.2) is 5.69 Å². The molecule has 0 atom stereocenters. The molecule has 4 aromatic rings. The van der Waals surface area contributed by atoms with Crippen LogP contribution in [-0.4, -0.2) is 31.4 Å². The average molecular weight is 394 g/mol. The van der Waals surface area contributed by atoms with Crippen LogP contribution in [0.4, 0.5) is 0 Å². The van der Waals surface area contributed by atoms with Crippen LogP contribution in [0.5, 0.6) is 0 Å². The van der Waals surface area contributed by atoms with Crippen molar-refractivity contribution >= 4 is 45.3 Å². The topological polar surface area (TPSA) is 85.1 Å². The summed E-state index contributed by atoms with van der Waals surface area (Å²) >= 11 is 5.97. The molecule has 6 nitrogen and oxygen atoms in total. The number of aryl methyl sites for hydroxylation is 1. The van der Waals surface area contributed by atoms with E-state index in [1.54, 1.807) is 12.1 Å². The van der Waals surface area contributed by atoms with E-state index in [0.29, 0.717) is 28.2 Å². The number of carbonyl (C=O) groups is 2. The number of benzene rings is 2. The number of aromatic nitrogens is 3. The lowest BCUT2D eigenvalue weighted by Gasteiger charge is -2.08. The van der Waals surface area contributed by atoms with Gasteiger partial charge in [-0.25, -0.2) is 14.8 Å². The van der Waals surface area contributed by atoms with E-state index in [-0.39, 0.29) is 11.4 Å². The highest BCUT2D eigenvalue weighted by atomic mass is 35.5. The van der Waals surface area contributed by atoms with Gasteiger partial charge < -0.3 is 9.67 Å². The molecule has 0 fully saturated rings. The predicted octanol–water partition coefficient (Wildman–Crippen LogP) is 4.50.